The SMILES string of the molecule is CCC(c1ccc(O)c(C)c1O)(c1ccc(O)c(C)c1O)c1ccc(O)c(C)c1O. The van der Waals surface area contributed by atoms with E-state index in [4.69, 9.17) is 0 Å². The van der Waals surface area contributed by atoms with Crippen LogP contribution in [0.5, 0.6) is 34.5 Å². The molecule has 6 N–H and O–H groups in total. The summed E-state index contributed by atoms with van der Waals surface area (Å²) in [5.74, 6) is -0.776. The van der Waals surface area contributed by atoms with Crippen LogP contribution < -0.4 is 0 Å². The van der Waals surface area contributed by atoms with Crippen LogP contribution in [0.15, 0.2) is 36.4 Å². The van der Waals surface area contributed by atoms with E-state index in [0.29, 0.717) is 23.1 Å². The Labute approximate surface area is 175 Å². The highest BCUT2D eigenvalue weighted by atomic mass is 16.3. The van der Waals surface area contributed by atoms with Gasteiger partial charge >= 0.3 is 0 Å². The number of benzene rings is 3. The minimum Gasteiger partial charge on any atom is -0.508 e. The van der Waals surface area contributed by atoms with Crippen LogP contribution in [0.2, 0.25) is 0 Å². The van der Waals surface area contributed by atoms with Gasteiger partial charge in [-0.3, -0.25) is 0 Å². The van der Waals surface area contributed by atoms with Crippen molar-refractivity contribution in [3.8, 4) is 34.5 Å². The normalized spacial score (nSPS) is 11.6. The molecule has 3 aromatic rings. The fourth-order valence-corrected chi connectivity index (χ4v) is 4.11. The van der Waals surface area contributed by atoms with Crippen LogP contribution in [0.25, 0.3) is 0 Å². The molecule has 0 aliphatic carbocycles. The van der Waals surface area contributed by atoms with E-state index in [-0.39, 0.29) is 51.2 Å². The van der Waals surface area contributed by atoms with Crippen molar-refractivity contribution in [3.63, 3.8) is 0 Å². The number of rotatable bonds is 4. The second-order valence-corrected chi connectivity index (χ2v) is 7.58. The third kappa shape index (κ3) is 2.87. The van der Waals surface area contributed by atoms with Gasteiger partial charge in [-0.2, -0.15) is 0 Å². The van der Waals surface area contributed by atoms with E-state index in [0.717, 1.165) is 0 Å². The van der Waals surface area contributed by atoms with E-state index in [2.05, 4.69) is 0 Å². The third-order valence-corrected chi connectivity index (χ3v) is 6.12. The molecule has 0 bridgehead atoms. The molecule has 0 heterocycles. The summed E-state index contributed by atoms with van der Waals surface area (Å²) in [6.07, 6.45) is 0.306. The maximum atomic E-state index is 11.0. The smallest absolute Gasteiger partial charge is 0.126 e. The van der Waals surface area contributed by atoms with Crippen molar-refractivity contribution in [1.82, 2.24) is 0 Å². The first kappa shape index (κ1) is 21.2. The van der Waals surface area contributed by atoms with Crippen molar-refractivity contribution in [2.75, 3.05) is 0 Å². The average molecular weight is 410 g/mol. The molecule has 0 amide bonds. The van der Waals surface area contributed by atoms with Crippen LogP contribution in [0.3, 0.4) is 0 Å². The van der Waals surface area contributed by atoms with E-state index < -0.39 is 5.41 Å². The lowest BCUT2D eigenvalue weighted by Crippen LogP contribution is -2.29. The minimum absolute atomic E-state index is 0.0847. The van der Waals surface area contributed by atoms with Gasteiger partial charge in [-0.05, 0) is 45.4 Å². The Bertz CT molecular complexity index is 994. The zero-order valence-electron chi connectivity index (χ0n) is 17.4. The molecule has 158 valence electrons. The molecule has 6 heteroatoms. The molecule has 6 nitrogen and oxygen atoms in total. The van der Waals surface area contributed by atoms with Crippen LogP contribution in [0.1, 0.15) is 46.7 Å². The molecule has 0 atom stereocenters. The standard InChI is InChI=1S/C24H26O6/c1-5-24(15-6-9-18(25)12(2)21(15)28,16-7-10-19(26)13(3)22(16)29)17-8-11-20(27)14(4)23(17)30/h6-11,25-30H,5H2,1-4H3. The lowest BCUT2D eigenvalue weighted by molar-refractivity contribution is 0.399. The molecule has 0 aliphatic rings. The van der Waals surface area contributed by atoms with Crippen LogP contribution >= 0.6 is 0 Å². The molecule has 0 spiro atoms. The molecule has 0 saturated carbocycles. The van der Waals surface area contributed by atoms with E-state index in [1.54, 1.807) is 39.0 Å². The molecule has 3 aromatic carbocycles. The second-order valence-electron chi connectivity index (χ2n) is 7.58. The summed E-state index contributed by atoms with van der Waals surface area (Å²) >= 11 is 0. The van der Waals surface area contributed by atoms with E-state index in [1.807, 2.05) is 6.92 Å². The second kappa shape index (κ2) is 7.37. The molecule has 30 heavy (non-hydrogen) atoms. The zero-order chi connectivity index (χ0) is 22.4. The van der Waals surface area contributed by atoms with Crippen LogP contribution in [0, 0.1) is 20.8 Å². The van der Waals surface area contributed by atoms with Gasteiger partial charge in [-0.25, -0.2) is 0 Å². The summed E-state index contributed by atoms with van der Waals surface area (Å²) in [7, 11) is 0. The van der Waals surface area contributed by atoms with Gasteiger partial charge in [0.1, 0.15) is 34.5 Å². The maximum absolute atomic E-state index is 11.0. The lowest BCUT2D eigenvalue weighted by atomic mass is 9.65. The Balaban J connectivity index is 2.55. The topological polar surface area (TPSA) is 121 Å². The van der Waals surface area contributed by atoms with Gasteiger partial charge in [-0.15, -0.1) is 0 Å². The van der Waals surface area contributed by atoms with Crippen molar-refractivity contribution in [3.05, 3.63) is 69.8 Å². The number of hydrogen-bond donors (Lipinski definition) is 6. The molecule has 3 rings (SSSR count). The highest BCUT2D eigenvalue weighted by molar-refractivity contribution is 5.67. The first-order valence-electron chi connectivity index (χ1n) is 9.63. The van der Waals surface area contributed by atoms with Gasteiger partial charge in [0.05, 0.1) is 5.41 Å². The maximum Gasteiger partial charge on any atom is 0.126 e. The van der Waals surface area contributed by atoms with Gasteiger partial charge in [-0.1, -0.05) is 25.1 Å². The lowest BCUT2D eigenvalue weighted by Gasteiger charge is -2.37. The first-order chi connectivity index (χ1) is 14.1. The van der Waals surface area contributed by atoms with Crippen molar-refractivity contribution in [2.24, 2.45) is 0 Å². The van der Waals surface area contributed by atoms with Gasteiger partial charge < -0.3 is 30.6 Å². The Morgan fingerprint density at radius 1 is 0.533 bits per heavy atom. The van der Waals surface area contributed by atoms with Crippen molar-refractivity contribution < 1.29 is 30.6 Å². The molecular formula is C24H26O6. The van der Waals surface area contributed by atoms with E-state index in [9.17, 15) is 30.6 Å². The number of phenolic OH excluding ortho intramolecular Hbond substituents is 6. The molecule has 0 unspecified atom stereocenters. The molecule has 0 aromatic heterocycles. The fraction of sp³-hybridized carbons (Fsp3) is 0.250. The van der Waals surface area contributed by atoms with Crippen LogP contribution in [0.4, 0.5) is 0 Å². The van der Waals surface area contributed by atoms with Crippen molar-refractivity contribution in [1.29, 1.82) is 0 Å². The summed E-state index contributed by atoms with van der Waals surface area (Å²) < 4.78 is 0. The Kier molecular flexibility index (Phi) is 5.20. The molecular weight excluding hydrogens is 384 g/mol. The van der Waals surface area contributed by atoms with E-state index >= 15 is 0 Å². The molecule has 0 fully saturated rings. The molecule has 0 saturated heterocycles. The van der Waals surface area contributed by atoms with E-state index in [1.165, 1.54) is 18.2 Å². The highest BCUT2D eigenvalue weighted by Crippen LogP contribution is 2.54. The number of phenols is 6. The molecule has 0 aliphatic heterocycles. The quantitative estimate of drug-likeness (QED) is 0.350. The van der Waals surface area contributed by atoms with Gasteiger partial charge in [0.2, 0.25) is 0 Å². The molecule has 0 radical (unpaired) electrons. The summed E-state index contributed by atoms with van der Waals surface area (Å²) in [6.45, 7) is 6.54. The monoisotopic (exact) mass is 410 g/mol. The first-order valence-corrected chi connectivity index (χ1v) is 9.63. The summed E-state index contributed by atoms with van der Waals surface area (Å²) in [4.78, 5) is 0. The van der Waals surface area contributed by atoms with Crippen molar-refractivity contribution >= 4 is 0 Å². The Morgan fingerprint density at radius 3 is 1.03 bits per heavy atom. The van der Waals surface area contributed by atoms with Gasteiger partial charge in [0.25, 0.3) is 0 Å². The van der Waals surface area contributed by atoms with Crippen LogP contribution in [-0.4, -0.2) is 30.6 Å². The van der Waals surface area contributed by atoms with Crippen molar-refractivity contribution in [2.45, 2.75) is 39.5 Å². The minimum atomic E-state index is -1.24. The number of aromatic hydroxyl groups is 6. The number of hydrogen-bond acceptors (Lipinski definition) is 6. The highest BCUT2D eigenvalue weighted by Gasteiger charge is 2.42. The Hall–Kier alpha value is -3.54. The Morgan fingerprint density at radius 2 is 0.800 bits per heavy atom. The largest absolute Gasteiger partial charge is 0.508 e. The van der Waals surface area contributed by atoms with Gasteiger partial charge in [0, 0.05) is 33.4 Å². The van der Waals surface area contributed by atoms with Gasteiger partial charge in [0.15, 0.2) is 0 Å². The average Bonchev–Trinajstić information content (AvgIpc) is 2.72. The summed E-state index contributed by atoms with van der Waals surface area (Å²) in [5.41, 5.74) is 0.623. The third-order valence-electron chi connectivity index (χ3n) is 6.12. The fourth-order valence-electron chi connectivity index (χ4n) is 4.11. The predicted molar refractivity (Wildman–Crippen MR) is 114 cm³/mol. The summed E-state index contributed by atoms with van der Waals surface area (Å²) in [6, 6.07) is 8.98. The predicted octanol–water partition coefficient (Wildman–Crippen LogP) is 4.59. The summed E-state index contributed by atoms with van der Waals surface area (Å²) in [5, 5.41) is 63.1. The zero-order valence-corrected chi connectivity index (χ0v) is 17.4. The van der Waals surface area contributed by atoms with Crippen LogP contribution in [-0.2, 0) is 5.41 Å².